The van der Waals surface area contributed by atoms with Gasteiger partial charge in [-0.15, -0.1) is 0 Å². The second-order valence-corrected chi connectivity index (χ2v) is 4.18. The van der Waals surface area contributed by atoms with Crippen LogP contribution in [0, 0.1) is 6.92 Å². The lowest BCUT2D eigenvalue weighted by Crippen LogP contribution is -2.00. The number of aryl methyl sites for hydroxylation is 1. The third-order valence-corrected chi connectivity index (χ3v) is 2.73. The largest absolute Gasteiger partial charge is 0.478 e. The van der Waals surface area contributed by atoms with Gasteiger partial charge in [0, 0.05) is 11.0 Å². The van der Waals surface area contributed by atoms with Gasteiger partial charge in [-0.25, -0.2) is 9.59 Å². The highest BCUT2D eigenvalue weighted by Crippen LogP contribution is 2.26. The summed E-state index contributed by atoms with van der Waals surface area (Å²) in [6.45, 7) is 1.92. The SMILES string of the molecule is Cc1ccc(S/C(=C\C(=O)O)C(=O)O)cc1. The molecule has 0 saturated heterocycles. The Hall–Kier alpha value is -1.75. The summed E-state index contributed by atoms with van der Waals surface area (Å²) in [6.07, 6.45) is 0.687. The van der Waals surface area contributed by atoms with E-state index in [1.165, 1.54) is 0 Å². The van der Waals surface area contributed by atoms with Gasteiger partial charge in [0.1, 0.15) is 4.91 Å². The van der Waals surface area contributed by atoms with Crippen LogP contribution in [-0.2, 0) is 9.59 Å². The Bertz CT molecular complexity index is 434. The van der Waals surface area contributed by atoms with Gasteiger partial charge >= 0.3 is 11.9 Å². The number of hydrogen-bond acceptors (Lipinski definition) is 3. The van der Waals surface area contributed by atoms with E-state index >= 15 is 0 Å². The van der Waals surface area contributed by atoms with Crippen LogP contribution in [0.3, 0.4) is 0 Å². The van der Waals surface area contributed by atoms with E-state index < -0.39 is 11.9 Å². The fraction of sp³-hybridized carbons (Fsp3) is 0.0909. The molecule has 0 aliphatic carbocycles. The first kappa shape index (κ1) is 12.3. The van der Waals surface area contributed by atoms with Crippen LogP contribution in [0.15, 0.2) is 40.1 Å². The summed E-state index contributed by atoms with van der Waals surface area (Å²) in [5.41, 5.74) is 1.06. The Morgan fingerprint density at radius 2 is 1.75 bits per heavy atom. The van der Waals surface area contributed by atoms with E-state index in [-0.39, 0.29) is 4.91 Å². The van der Waals surface area contributed by atoms with Gasteiger partial charge in [0.2, 0.25) is 0 Å². The molecular weight excluding hydrogens is 228 g/mol. The maximum atomic E-state index is 10.8. The molecule has 4 nitrogen and oxygen atoms in total. The molecule has 0 aromatic heterocycles. The minimum Gasteiger partial charge on any atom is -0.478 e. The molecule has 1 aromatic rings. The Kier molecular flexibility index (Phi) is 4.13. The average Bonchev–Trinajstić information content (AvgIpc) is 2.19. The van der Waals surface area contributed by atoms with E-state index in [9.17, 15) is 9.59 Å². The molecule has 0 amide bonds. The van der Waals surface area contributed by atoms with Crippen LogP contribution >= 0.6 is 11.8 Å². The van der Waals surface area contributed by atoms with Crippen LogP contribution in [0.4, 0.5) is 0 Å². The zero-order valence-electron chi connectivity index (χ0n) is 8.51. The lowest BCUT2D eigenvalue weighted by atomic mass is 10.2. The van der Waals surface area contributed by atoms with Crippen molar-refractivity contribution in [1.29, 1.82) is 0 Å². The summed E-state index contributed by atoms with van der Waals surface area (Å²) in [4.78, 5) is 21.6. The predicted octanol–water partition coefficient (Wildman–Crippen LogP) is 2.14. The highest BCUT2D eigenvalue weighted by Gasteiger charge is 2.11. The number of aliphatic carboxylic acids is 2. The minimum absolute atomic E-state index is 0.212. The van der Waals surface area contributed by atoms with Crippen molar-refractivity contribution in [2.75, 3.05) is 0 Å². The van der Waals surface area contributed by atoms with Crippen molar-refractivity contribution in [3.63, 3.8) is 0 Å². The Balaban J connectivity index is 2.88. The summed E-state index contributed by atoms with van der Waals surface area (Å²) >= 11 is 0.915. The molecular formula is C11H10O4S. The maximum absolute atomic E-state index is 10.8. The third-order valence-electron chi connectivity index (χ3n) is 1.71. The standard InChI is InChI=1S/C11H10O4S/c1-7-2-4-8(5-3-7)16-9(11(14)15)6-10(12)13/h2-6H,1H3,(H,12,13)(H,14,15)/b9-6-. The number of hydrogen-bond donors (Lipinski definition) is 2. The molecule has 0 aliphatic heterocycles. The molecule has 1 aromatic carbocycles. The van der Waals surface area contributed by atoms with Crippen molar-refractivity contribution in [3.8, 4) is 0 Å². The zero-order chi connectivity index (χ0) is 12.1. The molecule has 0 unspecified atom stereocenters. The van der Waals surface area contributed by atoms with Gasteiger partial charge in [0.25, 0.3) is 0 Å². The van der Waals surface area contributed by atoms with Crippen molar-refractivity contribution < 1.29 is 19.8 Å². The van der Waals surface area contributed by atoms with E-state index in [0.717, 1.165) is 17.3 Å². The van der Waals surface area contributed by atoms with Gasteiger partial charge in [-0.1, -0.05) is 29.5 Å². The zero-order valence-corrected chi connectivity index (χ0v) is 9.32. The molecule has 84 valence electrons. The van der Waals surface area contributed by atoms with Crippen molar-refractivity contribution in [1.82, 2.24) is 0 Å². The molecule has 0 aliphatic rings. The fourth-order valence-electron chi connectivity index (χ4n) is 0.980. The van der Waals surface area contributed by atoms with Gasteiger partial charge in [-0.05, 0) is 19.1 Å². The number of rotatable bonds is 4. The third kappa shape index (κ3) is 3.78. The molecule has 0 bridgehead atoms. The van der Waals surface area contributed by atoms with Gasteiger partial charge in [0.15, 0.2) is 0 Å². The van der Waals surface area contributed by atoms with Gasteiger partial charge in [-0.2, -0.15) is 0 Å². The van der Waals surface area contributed by atoms with Crippen molar-refractivity contribution in [3.05, 3.63) is 40.8 Å². The first-order chi connectivity index (χ1) is 7.49. The number of benzene rings is 1. The summed E-state index contributed by atoms with van der Waals surface area (Å²) in [5, 5.41) is 17.3. The lowest BCUT2D eigenvalue weighted by molar-refractivity contribution is -0.134. The monoisotopic (exact) mass is 238 g/mol. The fourth-order valence-corrected chi connectivity index (χ4v) is 1.75. The van der Waals surface area contributed by atoms with E-state index in [1.54, 1.807) is 12.1 Å². The second-order valence-electron chi connectivity index (χ2n) is 3.07. The first-order valence-corrected chi connectivity index (χ1v) is 5.23. The van der Waals surface area contributed by atoms with E-state index in [2.05, 4.69) is 0 Å². The maximum Gasteiger partial charge on any atom is 0.342 e. The first-order valence-electron chi connectivity index (χ1n) is 4.41. The molecule has 0 saturated carbocycles. The molecule has 5 heteroatoms. The average molecular weight is 238 g/mol. The summed E-state index contributed by atoms with van der Waals surface area (Å²) in [5.74, 6) is -2.51. The van der Waals surface area contributed by atoms with Crippen LogP contribution in [0.1, 0.15) is 5.56 Å². The Labute approximate surface area is 96.6 Å². The molecule has 0 spiro atoms. The second kappa shape index (κ2) is 5.37. The lowest BCUT2D eigenvalue weighted by Gasteiger charge is -2.01. The number of carboxylic acids is 2. The Morgan fingerprint density at radius 1 is 1.19 bits per heavy atom. The van der Waals surface area contributed by atoms with Crippen LogP contribution < -0.4 is 0 Å². The number of carbonyl (C=O) groups is 2. The molecule has 0 fully saturated rings. The normalized spacial score (nSPS) is 11.2. The minimum atomic E-state index is -1.27. The molecule has 2 N–H and O–H groups in total. The van der Waals surface area contributed by atoms with Gasteiger partial charge in [-0.3, -0.25) is 0 Å². The molecule has 0 atom stereocenters. The number of carboxylic acid groups (broad SMARTS) is 2. The summed E-state index contributed by atoms with van der Waals surface area (Å²) in [6, 6.07) is 7.17. The van der Waals surface area contributed by atoms with Crippen LogP contribution in [0.25, 0.3) is 0 Å². The van der Waals surface area contributed by atoms with E-state index in [0.29, 0.717) is 11.0 Å². The van der Waals surface area contributed by atoms with Crippen molar-refractivity contribution >= 4 is 23.7 Å². The Morgan fingerprint density at radius 3 is 2.19 bits per heavy atom. The van der Waals surface area contributed by atoms with Crippen molar-refractivity contribution in [2.24, 2.45) is 0 Å². The summed E-state index contributed by atoms with van der Waals surface area (Å²) in [7, 11) is 0. The van der Waals surface area contributed by atoms with Crippen LogP contribution in [-0.4, -0.2) is 22.2 Å². The van der Waals surface area contributed by atoms with E-state index in [4.69, 9.17) is 10.2 Å². The van der Waals surface area contributed by atoms with Crippen molar-refractivity contribution in [2.45, 2.75) is 11.8 Å². The molecule has 1 rings (SSSR count). The molecule has 0 radical (unpaired) electrons. The van der Waals surface area contributed by atoms with Gasteiger partial charge < -0.3 is 10.2 Å². The molecule has 16 heavy (non-hydrogen) atoms. The van der Waals surface area contributed by atoms with Crippen LogP contribution in [0.2, 0.25) is 0 Å². The quantitative estimate of drug-likeness (QED) is 0.621. The topological polar surface area (TPSA) is 74.6 Å². The smallest absolute Gasteiger partial charge is 0.342 e. The van der Waals surface area contributed by atoms with E-state index in [1.807, 2.05) is 19.1 Å². The highest BCUT2D eigenvalue weighted by molar-refractivity contribution is 8.04. The molecule has 0 heterocycles. The predicted molar refractivity (Wildman–Crippen MR) is 60.4 cm³/mol. The van der Waals surface area contributed by atoms with Crippen LogP contribution in [0.5, 0.6) is 0 Å². The van der Waals surface area contributed by atoms with Gasteiger partial charge in [0.05, 0.1) is 0 Å². The number of thioether (sulfide) groups is 1. The summed E-state index contributed by atoms with van der Waals surface area (Å²) < 4.78 is 0. The highest BCUT2D eigenvalue weighted by atomic mass is 32.2.